The zero-order chi connectivity index (χ0) is 13.3. The highest BCUT2D eigenvalue weighted by Crippen LogP contribution is 2.20. The van der Waals surface area contributed by atoms with E-state index in [0.717, 1.165) is 17.1 Å². The molecule has 0 saturated heterocycles. The van der Waals surface area contributed by atoms with Crippen LogP contribution < -0.4 is 0 Å². The summed E-state index contributed by atoms with van der Waals surface area (Å²) in [5, 5.41) is -0.498. The number of furan rings is 1. The number of carbonyl (C=O) groups is 1. The molecule has 0 N–H and O–H groups in total. The molecule has 1 atom stereocenters. The monoisotopic (exact) mass is 265 g/mol. The third-order valence-electron chi connectivity index (χ3n) is 3.09. The lowest BCUT2D eigenvalue weighted by atomic mass is 10.1. The predicted molar refractivity (Wildman–Crippen MR) is 71.4 cm³/mol. The van der Waals surface area contributed by atoms with E-state index in [0.29, 0.717) is 12.1 Å². The molecule has 2 aromatic rings. The minimum atomic E-state index is -0.498. The van der Waals surface area contributed by atoms with Crippen molar-refractivity contribution in [2.24, 2.45) is 0 Å². The summed E-state index contributed by atoms with van der Waals surface area (Å²) in [4.78, 5) is 12.0. The van der Waals surface area contributed by atoms with Crippen LogP contribution in [-0.4, -0.2) is 15.7 Å². The number of alkyl halides is 1. The van der Waals surface area contributed by atoms with Crippen molar-refractivity contribution in [2.75, 3.05) is 0 Å². The fraction of sp³-hybridized carbons (Fsp3) is 0.357. The molecule has 0 radical (unpaired) electrons. The first kappa shape index (κ1) is 13.0. The molecular formula is C14H16ClNO2. The molecule has 0 aliphatic rings. The van der Waals surface area contributed by atoms with Crippen molar-refractivity contribution >= 4 is 17.4 Å². The van der Waals surface area contributed by atoms with Gasteiger partial charge in [-0.15, -0.1) is 11.6 Å². The first-order chi connectivity index (χ1) is 8.50. The molecular weight excluding hydrogens is 250 g/mol. The third-order valence-corrected chi connectivity index (χ3v) is 3.29. The summed E-state index contributed by atoms with van der Waals surface area (Å²) in [6.45, 7) is 6.24. The van der Waals surface area contributed by atoms with Gasteiger partial charge >= 0.3 is 0 Å². The summed E-state index contributed by atoms with van der Waals surface area (Å²) in [5.41, 5.74) is 2.66. The van der Waals surface area contributed by atoms with Crippen LogP contribution in [0.5, 0.6) is 0 Å². The summed E-state index contributed by atoms with van der Waals surface area (Å²) in [5.74, 6) is 0.838. The van der Waals surface area contributed by atoms with E-state index in [2.05, 4.69) is 4.57 Å². The van der Waals surface area contributed by atoms with Crippen LogP contribution in [0.3, 0.4) is 0 Å². The minimum Gasteiger partial charge on any atom is -0.467 e. The maximum absolute atomic E-state index is 12.0. The second-order valence-electron chi connectivity index (χ2n) is 4.43. The molecule has 0 unspecified atom stereocenters. The molecule has 0 aliphatic heterocycles. The molecule has 2 heterocycles. The van der Waals surface area contributed by atoms with Crippen LogP contribution in [0.4, 0.5) is 0 Å². The lowest BCUT2D eigenvalue weighted by Gasteiger charge is -2.08. The number of aromatic nitrogens is 1. The van der Waals surface area contributed by atoms with E-state index < -0.39 is 5.38 Å². The summed E-state index contributed by atoms with van der Waals surface area (Å²) < 4.78 is 7.39. The van der Waals surface area contributed by atoms with Crippen LogP contribution in [0.15, 0.2) is 28.9 Å². The molecule has 2 rings (SSSR count). The smallest absolute Gasteiger partial charge is 0.182 e. The molecule has 18 heavy (non-hydrogen) atoms. The van der Waals surface area contributed by atoms with E-state index in [1.54, 1.807) is 13.2 Å². The van der Waals surface area contributed by atoms with Crippen LogP contribution in [-0.2, 0) is 6.54 Å². The summed E-state index contributed by atoms with van der Waals surface area (Å²) >= 11 is 5.86. The van der Waals surface area contributed by atoms with Crippen molar-refractivity contribution in [3.63, 3.8) is 0 Å². The molecule has 0 saturated carbocycles. The molecule has 0 aliphatic carbocycles. The highest BCUT2D eigenvalue weighted by atomic mass is 35.5. The SMILES string of the molecule is Cc1cc(C(=O)[C@@H](C)Cl)c(C)n1Cc1ccco1. The zero-order valence-electron chi connectivity index (χ0n) is 10.7. The van der Waals surface area contributed by atoms with Crippen molar-refractivity contribution in [2.45, 2.75) is 32.7 Å². The Morgan fingerprint density at radius 2 is 2.22 bits per heavy atom. The lowest BCUT2D eigenvalue weighted by molar-refractivity contribution is 0.0991. The van der Waals surface area contributed by atoms with Gasteiger partial charge in [0.2, 0.25) is 0 Å². The average molecular weight is 266 g/mol. The Balaban J connectivity index is 2.35. The summed E-state index contributed by atoms with van der Waals surface area (Å²) in [7, 11) is 0. The number of hydrogen-bond donors (Lipinski definition) is 0. The highest BCUT2D eigenvalue weighted by Gasteiger charge is 2.19. The second-order valence-corrected chi connectivity index (χ2v) is 5.09. The number of nitrogens with zero attached hydrogens (tertiary/aromatic N) is 1. The van der Waals surface area contributed by atoms with E-state index in [9.17, 15) is 4.79 Å². The van der Waals surface area contributed by atoms with Crippen molar-refractivity contribution < 1.29 is 9.21 Å². The Morgan fingerprint density at radius 3 is 2.78 bits per heavy atom. The largest absolute Gasteiger partial charge is 0.467 e. The van der Waals surface area contributed by atoms with Crippen molar-refractivity contribution in [1.29, 1.82) is 0 Å². The summed E-state index contributed by atoms with van der Waals surface area (Å²) in [6, 6.07) is 5.67. The highest BCUT2D eigenvalue weighted by molar-refractivity contribution is 6.33. The molecule has 0 aromatic carbocycles. The van der Waals surface area contributed by atoms with E-state index in [1.165, 1.54) is 0 Å². The van der Waals surface area contributed by atoms with E-state index >= 15 is 0 Å². The standard InChI is InChI=1S/C14H16ClNO2/c1-9-7-13(14(17)10(2)15)11(3)16(9)8-12-5-4-6-18-12/h4-7,10H,8H2,1-3H3/t10-/m1/s1. The van der Waals surface area contributed by atoms with Crippen molar-refractivity contribution in [3.8, 4) is 0 Å². The van der Waals surface area contributed by atoms with Crippen LogP contribution in [0.1, 0.15) is 34.4 Å². The van der Waals surface area contributed by atoms with Gasteiger partial charge in [0, 0.05) is 17.0 Å². The molecule has 0 spiro atoms. The Labute approximate surface area is 111 Å². The molecule has 0 amide bonds. The van der Waals surface area contributed by atoms with Crippen LogP contribution >= 0.6 is 11.6 Å². The lowest BCUT2D eigenvalue weighted by Crippen LogP contribution is -2.12. The van der Waals surface area contributed by atoms with E-state index in [4.69, 9.17) is 16.0 Å². The predicted octanol–water partition coefficient (Wildman–Crippen LogP) is 3.56. The van der Waals surface area contributed by atoms with Gasteiger partial charge in [-0.2, -0.15) is 0 Å². The van der Waals surface area contributed by atoms with Crippen LogP contribution in [0.25, 0.3) is 0 Å². The minimum absolute atomic E-state index is 0.0320. The Kier molecular flexibility index (Phi) is 3.62. The maximum atomic E-state index is 12.0. The zero-order valence-corrected chi connectivity index (χ0v) is 11.5. The number of hydrogen-bond acceptors (Lipinski definition) is 2. The van der Waals surface area contributed by atoms with Gasteiger partial charge in [0.1, 0.15) is 5.76 Å². The number of carbonyl (C=O) groups excluding carboxylic acids is 1. The van der Waals surface area contributed by atoms with Gasteiger partial charge < -0.3 is 8.98 Å². The van der Waals surface area contributed by atoms with E-state index in [-0.39, 0.29) is 5.78 Å². The number of aryl methyl sites for hydroxylation is 1. The summed E-state index contributed by atoms with van der Waals surface area (Å²) in [6.07, 6.45) is 1.65. The quantitative estimate of drug-likeness (QED) is 0.626. The first-order valence-corrected chi connectivity index (χ1v) is 6.31. The number of rotatable bonds is 4. The topological polar surface area (TPSA) is 35.1 Å². The third kappa shape index (κ3) is 2.36. The molecule has 3 nitrogen and oxygen atoms in total. The van der Waals surface area contributed by atoms with Gasteiger partial charge in [0.25, 0.3) is 0 Å². The number of ketones is 1. The van der Waals surface area contributed by atoms with Gasteiger partial charge in [-0.3, -0.25) is 4.79 Å². The van der Waals surface area contributed by atoms with Gasteiger partial charge in [0.15, 0.2) is 5.78 Å². The number of Topliss-reactive ketones (excluding diaryl/α,β-unsaturated/α-hetero) is 1. The normalized spacial score (nSPS) is 12.7. The number of halogens is 1. The van der Waals surface area contributed by atoms with Crippen molar-refractivity contribution in [1.82, 2.24) is 4.57 Å². The Morgan fingerprint density at radius 1 is 1.50 bits per heavy atom. The van der Waals surface area contributed by atoms with Crippen LogP contribution in [0, 0.1) is 13.8 Å². The van der Waals surface area contributed by atoms with Crippen LogP contribution in [0.2, 0.25) is 0 Å². The molecule has 2 aromatic heterocycles. The average Bonchev–Trinajstić information content (AvgIpc) is 2.91. The van der Waals surface area contributed by atoms with E-state index in [1.807, 2.05) is 32.0 Å². The molecule has 0 bridgehead atoms. The van der Waals surface area contributed by atoms with Gasteiger partial charge in [0.05, 0.1) is 18.2 Å². The van der Waals surface area contributed by atoms with Gasteiger partial charge in [-0.1, -0.05) is 0 Å². The molecule has 4 heteroatoms. The Hall–Kier alpha value is -1.48. The second kappa shape index (κ2) is 5.02. The Bertz CT molecular complexity index is 553. The fourth-order valence-corrected chi connectivity index (χ4v) is 2.18. The van der Waals surface area contributed by atoms with Crippen molar-refractivity contribution in [3.05, 3.63) is 47.2 Å². The van der Waals surface area contributed by atoms with Gasteiger partial charge in [-0.25, -0.2) is 0 Å². The molecule has 0 fully saturated rings. The maximum Gasteiger partial charge on any atom is 0.182 e. The fourth-order valence-electron chi connectivity index (χ4n) is 2.07. The molecule has 96 valence electrons. The first-order valence-electron chi connectivity index (χ1n) is 5.88. The van der Waals surface area contributed by atoms with Gasteiger partial charge in [-0.05, 0) is 39.0 Å².